The summed E-state index contributed by atoms with van der Waals surface area (Å²) >= 11 is 6.70. The summed E-state index contributed by atoms with van der Waals surface area (Å²) in [5.74, 6) is 0.894. The van der Waals surface area contributed by atoms with Gasteiger partial charge in [0.25, 0.3) is 11.5 Å². The number of thiocarbonyl (C=S) groups is 1. The summed E-state index contributed by atoms with van der Waals surface area (Å²) in [7, 11) is 0. The third kappa shape index (κ3) is 5.06. The number of aromatic nitrogens is 2. The van der Waals surface area contributed by atoms with Gasteiger partial charge in [-0.05, 0) is 48.7 Å². The number of carbonyl (C=O) groups excluding carboxylic acids is 1. The second-order valence-corrected chi connectivity index (χ2v) is 9.64. The van der Waals surface area contributed by atoms with Crippen LogP contribution >= 0.6 is 24.0 Å². The molecule has 35 heavy (non-hydrogen) atoms. The standard InChI is InChI=1S/C26H22N4O3S2/c31-24-20(23(27-17-19-11-7-15-33-19)28-22-12-4-5-13-29(22)24)16-21-25(32)30(26(34)35-21)14-6-10-18-8-2-1-3-9-18/h1-5,7-9,11-13,15-16,27H,6,10,14,17H2. The molecule has 1 aliphatic heterocycles. The van der Waals surface area contributed by atoms with E-state index < -0.39 is 0 Å². The molecule has 0 spiro atoms. The predicted octanol–water partition coefficient (Wildman–Crippen LogP) is 4.73. The highest BCUT2D eigenvalue weighted by molar-refractivity contribution is 8.26. The lowest BCUT2D eigenvalue weighted by Crippen LogP contribution is -2.29. The van der Waals surface area contributed by atoms with Crippen LogP contribution in [0.1, 0.15) is 23.3 Å². The lowest BCUT2D eigenvalue weighted by molar-refractivity contribution is -0.122. The summed E-state index contributed by atoms with van der Waals surface area (Å²) in [5, 5.41) is 3.18. The molecule has 0 saturated carbocycles. The van der Waals surface area contributed by atoms with Gasteiger partial charge in [0.2, 0.25) is 0 Å². The van der Waals surface area contributed by atoms with Crippen molar-refractivity contribution in [2.45, 2.75) is 19.4 Å². The van der Waals surface area contributed by atoms with Crippen molar-refractivity contribution in [2.24, 2.45) is 0 Å². The van der Waals surface area contributed by atoms with Crippen molar-refractivity contribution < 1.29 is 9.21 Å². The third-order valence-corrected chi connectivity index (χ3v) is 7.00. The molecule has 4 aromatic rings. The number of fused-ring (bicyclic) bond motifs is 1. The lowest BCUT2D eigenvalue weighted by atomic mass is 10.1. The summed E-state index contributed by atoms with van der Waals surface area (Å²) in [4.78, 5) is 33.2. The smallest absolute Gasteiger partial charge is 0.267 e. The maximum absolute atomic E-state index is 13.3. The molecule has 0 bridgehead atoms. The normalized spacial score (nSPS) is 14.9. The molecule has 1 amide bonds. The zero-order valence-electron chi connectivity index (χ0n) is 18.7. The molecule has 1 aromatic carbocycles. The van der Waals surface area contributed by atoms with Gasteiger partial charge in [0, 0.05) is 12.7 Å². The van der Waals surface area contributed by atoms with Crippen LogP contribution in [0.3, 0.4) is 0 Å². The fourth-order valence-corrected chi connectivity index (χ4v) is 5.15. The molecule has 1 saturated heterocycles. The summed E-state index contributed by atoms with van der Waals surface area (Å²) in [5.41, 5.74) is 1.75. The van der Waals surface area contributed by atoms with Crippen molar-refractivity contribution in [2.75, 3.05) is 11.9 Å². The Morgan fingerprint density at radius 3 is 2.69 bits per heavy atom. The molecule has 9 heteroatoms. The number of benzene rings is 1. The molecule has 1 fully saturated rings. The van der Waals surface area contributed by atoms with Crippen LogP contribution in [0.4, 0.5) is 5.82 Å². The minimum absolute atomic E-state index is 0.192. The monoisotopic (exact) mass is 502 g/mol. The average Bonchev–Trinajstić information content (AvgIpc) is 3.49. The first kappa shape index (κ1) is 23.1. The zero-order chi connectivity index (χ0) is 24.2. The van der Waals surface area contributed by atoms with Crippen molar-refractivity contribution in [3.63, 3.8) is 0 Å². The van der Waals surface area contributed by atoms with Crippen LogP contribution in [0, 0.1) is 0 Å². The molecule has 0 aliphatic carbocycles. The minimum Gasteiger partial charge on any atom is -0.467 e. The molecule has 0 unspecified atom stereocenters. The van der Waals surface area contributed by atoms with Gasteiger partial charge >= 0.3 is 0 Å². The van der Waals surface area contributed by atoms with Crippen LogP contribution in [0.5, 0.6) is 0 Å². The van der Waals surface area contributed by atoms with Crippen molar-refractivity contribution in [1.82, 2.24) is 14.3 Å². The molecule has 5 rings (SSSR count). The van der Waals surface area contributed by atoms with E-state index in [0.29, 0.717) is 45.1 Å². The van der Waals surface area contributed by atoms with E-state index in [9.17, 15) is 9.59 Å². The molecule has 1 aliphatic rings. The topological polar surface area (TPSA) is 79.9 Å². The van der Waals surface area contributed by atoms with Gasteiger partial charge in [0.05, 0.1) is 23.3 Å². The largest absolute Gasteiger partial charge is 0.467 e. The van der Waals surface area contributed by atoms with E-state index in [2.05, 4.69) is 22.4 Å². The number of amides is 1. The fraction of sp³-hybridized carbons (Fsp3) is 0.154. The molecule has 3 aromatic heterocycles. The SMILES string of the molecule is O=C1C(=Cc2c(NCc3ccco3)nc3ccccn3c2=O)SC(=S)N1CCCc1ccccc1. The summed E-state index contributed by atoms with van der Waals surface area (Å²) in [6.07, 6.45) is 6.49. The number of thioether (sulfide) groups is 1. The molecule has 176 valence electrons. The van der Waals surface area contributed by atoms with Crippen LogP contribution in [-0.2, 0) is 17.8 Å². The predicted molar refractivity (Wildman–Crippen MR) is 142 cm³/mol. The number of pyridine rings is 1. The first-order valence-corrected chi connectivity index (χ1v) is 12.4. The van der Waals surface area contributed by atoms with Gasteiger partial charge in [0.15, 0.2) is 0 Å². The molecule has 4 heterocycles. The number of rotatable bonds is 8. The first-order valence-electron chi connectivity index (χ1n) is 11.2. The van der Waals surface area contributed by atoms with E-state index in [1.165, 1.54) is 21.7 Å². The number of anilines is 1. The van der Waals surface area contributed by atoms with Crippen molar-refractivity contribution >= 4 is 51.7 Å². The van der Waals surface area contributed by atoms with Crippen LogP contribution in [0.25, 0.3) is 11.7 Å². The Morgan fingerprint density at radius 1 is 1.06 bits per heavy atom. The summed E-state index contributed by atoms with van der Waals surface area (Å²) < 4.78 is 7.35. The maximum Gasteiger partial charge on any atom is 0.267 e. The summed E-state index contributed by atoms with van der Waals surface area (Å²) in [6, 6.07) is 19.1. The van der Waals surface area contributed by atoms with Crippen LogP contribution in [0.2, 0.25) is 0 Å². The maximum atomic E-state index is 13.3. The highest BCUT2D eigenvalue weighted by Crippen LogP contribution is 2.33. The molecule has 1 N–H and O–H groups in total. The van der Waals surface area contributed by atoms with Gasteiger partial charge in [-0.25, -0.2) is 4.98 Å². The first-order chi connectivity index (χ1) is 17.1. The second kappa shape index (κ2) is 10.3. The Kier molecular flexibility index (Phi) is 6.78. The van der Waals surface area contributed by atoms with Crippen LogP contribution in [0.15, 0.2) is 87.2 Å². The average molecular weight is 503 g/mol. The molecule has 0 radical (unpaired) electrons. The van der Waals surface area contributed by atoms with E-state index >= 15 is 0 Å². The number of nitrogens with zero attached hydrogens (tertiary/aromatic N) is 3. The Labute approximate surface area is 211 Å². The number of hydrogen-bond acceptors (Lipinski definition) is 7. The number of furan rings is 1. The third-order valence-electron chi connectivity index (χ3n) is 5.62. The van der Waals surface area contributed by atoms with Crippen LogP contribution < -0.4 is 10.9 Å². The molecular formula is C26H22N4O3S2. The quantitative estimate of drug-likeness (QED) is 0.276. The Hall–Kier alpha value is -3.69. The van der Waals surface area contributed by atoms with Crippen molar-refractivity contribution in [3.8, 4) is 0 Å². The fourth-order valence-electron chi connectivity index (χ4n) is 3.86. The van der Waals surface area contributed by atoms with Gasteiger partial charge in [-0.15, -0.1) is 0 Å². The Bertz CT molecular complexity index is 1460. The van der Waals surface area contributed by atoms with E-state index in [1.54, 1.807) is 41.6 Å². The number of hydrogen-bond donors (Lipinski definition) is 1. The molecular weight excluding hydrogens is 480 g/mol. The van der Waals surface area contributed by atoms with Gasteiger partial charge in [-0.3, -0.25) is 18.9 Å². The molecule has 7 nitrogen and oxygen atoms in total. The highest BCUT2D eigenvalue weighted by Gasteiger charge is 2.32. The van der Waals surface area contributed by atoms with E-state index in [1.807, 2.05) is 30.3 Å². The zero-order valence-corrected chi connectivity index (χ0v) is 20.3. The minimum atomic E-state index is -0.271. The van der Waals surface area contributed by atoms with Crippen molar-refractivity contribution in [1.29, 1.82) is 0 Å². The second-order valence-electron chi connectivity index (χ2n) is 7.96. The van der Waals surface area contributed by atoms with Gasteiger partial charge < -0.3 is 9.73 Å². The highest BCUT2D eigenvalue weighted by atomic mass is 32.2. The summed E-state index contributed by atoms with van der Waals surface area (Å²) in [6.45, 7) is 0.874. The number of nitrogens with one attached hydrogen (secondary N) is 1. The van der Waals surface area contributed by atoms with E-state index in [4.69, 9.17) is 16.6 Å². The number of aryl methyl sites for hydroxylation is 1. The number of carbonyl (C=O) groups is 1. The Balaban J connectivity index is 1.41. The van der Waals surface area contributed by atoms with Gasteiger partial charge in [0.1, 0.15) is 21.5 Å². The van der Waals surface area contributed by atoms with Crippen LogP contribution in [-0.4, -0.2) is 31.1 Å². The van der Waals surface area contributed by atoms with E-state index in [-0.39, 0.29) is 11.5 Å². The van der Waals surface area contributed by atoms with Crippen molar-refractivity contribution in [3.05, 3.63) is 105 Å². The molecule has 0 atom stereocenters. The van der Waals surface area contributed by atoms with Gasteiger partial charge in [-0.1, -0.05) is 60.4 Å². The van der Waals surface area contributed by atoms with Gasteiger partial charge in [-0.2, -0.15) is 0 Å². The Morgan fingerprint density at radius 2 is 1.89 bits per heavy atom. The van der Waals surface area contributed by atoms with E-state index in [0.717, 1.165) is 12.8 Å². The lowest BCUT2D eigenvalue weighted by Gasteiger charge is -2.14.